The van der Waals surface area contributed by atoms with Gasteiger partial charge in [0.1, 0.15) is 0 Å². The van der Waals surface area contributed by atoms with Crippen molar-refractivity contribution in [2.75, 3.05) is 0 Å². The summed E-state index contributed by atoms with van der Waals surface area (Å²) in [6, 6.07) is 65.0. The van der Waals surface area contributed by atoms with Crippen molar-refractivity contribution < 1.29 is 0 Å². The standard InChI is InChI=1S/C52H35N3/c1-3-14-36(15-4-1)49-53-50(37-16-5-2-6-17-37)55-51(54-49)40-19-13-18-38(32-40)34-26-28-35(29-27-34)39-30-31-48-44(33-39)43-22-9-12-25-47(43)52(48)45-23-10-7-20-41(45)42-21-8-11-24-46(42)52/h1-33,44,48H. The molecule has 7 aromatic carbocycles. The number of nitrogens with zero attached hydrogens (tertiary/aromatic N) is 3. The molecule has 3 aliphatic rings. The van der Waals surface area contributed by atoms with Crippen molar-refractivity contribution in [3.63, 3.8) is 0 Å². The molecule has 2 atom stereocenters. The summed E-state index contributed by atoms with van der Waals surface area (Å²) in [5.41, 5.74) is 15.8. The summed E-state index contributed by atoms with van der Waals surface area (Å²) in [4.78, 5) is 14.8. The van der Waals surface area contributed by atoms with Crippen molar-refractivity contribution in [3.05, 3.63) is 228 Å². The van der Waals surface area contributed by atoms with E-state index in [0.29, 0.717) is 23.4 Å². The van der Waals surface area contributed by atoms with E-state index in [4.69, 9.17) is 15.0 Å². The molecule has 3 aliphatic carbocycles. The van der Waals surface area contributed by atoms with Gasteiger partial charge in [-0.25, -0.2) is 15.0 Å². The molecule has 8 aromatic rings. The molecule has 3 heteroatoms. The minimum Gasteiger partial charge on any atom is -0.208 e. The van der Waals surface area contributed by atoms with Gasteiger partial charge in [0.2, 0.25) is 0 Å². The highest BCUT2D eigenvalue weighted by atomic mass is 15.0. The van der Waals surface area contributed by atoms with E-state index in [0.717, 1.165) is 27.8 Å². The predicted molar refractivity (Wildman–Crippen MR) is 223 cm³/mol. The Morgan fingerprint density at radius 1 is 0.382 bits per heavy atom. The van der Waals surface area contributed by atoms with Gasteiger partial charge in [-0.15, -0.1) is 0 Å². The molecular formula is C52H35N3. The van der Waals surface area contributed by atoms with Crippen LogP contribution in [0.3, 0.4) is 0 Å². The van der Waals surface area contributed by atoms with Crippen molar-refractivity contribution in [1.29, 1.82) is 0 Å². The molecule has 0 aliphatic heterocycles. The highest BCUT2D eigenvalue weighted by Crippen LogP contribution is 2.65. The van der Waals surface area contributed by atoms with Gasteiger partial charge in [0.15, 0.2) is 17.5 Å². The molecule has 1 spiro atoms. The Morgan fingerprint density at radius 3 is 1.51 bits per heavy atom. The first-order chi connectivity index (χ1) is 27.3. The minimum absolute atomic E-state index is 0.204. The molecule has 0 saturated heterocycles. The van der Waals surface area contributed by atoms with Crippen LogP contribution in [0.25, 0.3) is 62.0 Å². The Hall–Kier alpha value is -6.97. The number of hydrogen-bond donors (Lipinski definition) is 0. The number of benzene rings is 7. The van der Waals surface area contributed by atoms with E-state index >= 15 is 0 Å². The van der Waals surface area contributed by atoms with Gasteiger partial charge in [-0.3, -0.25) is 0 Å². The van der Waals surface area contributed by atoms with Crippen LogP contribution < -0.4 is 0 Å². The van der Waals surface area contributed by atoms with Gasteiger partial charge in [0.25, 0.3) is 0 Å². The van der Waals surface area contributed by atoms with Gasteiger partial charge in [-0.2, -0.15) is 0 Å². The van der Waals surface area contributed by atoms with Crippen LogP contribution in [0.1, 0.15) is 33.7 Å². The Bertz CT molecular complexity index is 2710. The Labute approximate surface area is 321 Å². The van der Waals surface area contributed by atoms with E-state index in [-0.39, 0.29) is 11.3 Å². The Morgan fingerprint density at radius 2 is 0.873 bits per heavy atom. The molecule has 1 aromatic heterocycles. The lowest BCUT2D eigenvalue weighted by Gasteiger charge is -2.36. The van der Waals surface area contributed by atoms with Crippen LogP contribution in [0.2, 0.25) is 0 Å². The zero-order valence-electron chi connectivity index (χ0n) is 30.0. The molecule has 0 N–H and O–H groups in total. The molecule has 0 saturated carbocycles. The summed E-state index contributed by atoms with van der Waals surface area (Å²) in [6.45, 7) is 0. The van der Waals surface area contributed by atoms with E-state index in [2.05, 4.69) is 140 Å². The first kappa shape index (κ1) is 31.5. The van der Waals surface area contributed by atoms with Gasteiger partial charge in [0.05, 0.1) is 5.41 Å². The number of fused-ring (bicyclic) bond motifs is 10. The van der Waals surface area contributed by atoms with Gasteiger partial charge < -0.3 is 0 Å². The maximum absolute atomic E-state index is 4.97. The maximum atomic E-state index is 4.97. The van der Waals surface area contributed by atoms with Gasteiger partial charge in [0, 0.05) is 28.5 Å². The zero-order chi connectivity index (χ0) is 36.3. The third-order valence-electron chi connectivity index (χ3n) is 11.8. The van der Waals surface area contributed by atoms with Crippen molar-refractivity contribution in [1.82, 2.24) is 15.0 Å². The van der Waals surface area contributed by atoms with Gasteiger partial charge in [-0.05, 0) is 61.7 Å². The van der Waals surface area contributed by atoms with Gasteiger partial charge >= 0.3 is 0 Å². The lowest BCUT2D eigenvalue weighted by molar-refractivity contribution is 0.466. The van der Waals surface area contributed by atoms with E-state index in [1.54, 1.807) is 0 Å². The molecule has 258 valence electrons. The lowest BCUT2D eigenvalue weighted by atomic mass is 9.65. The fraction of sp³-hybridized carbons (Fsp3) is 0.0577. The molecule has 11 rings (SSSR count). The average molecular weight is 702 g/mol. The molecule has 3 nitrogen and oxygen atoms in total. The molecule has 1 heterocycles. The second-order valence-electron chi connectivity index (χ2n) is 14.7. The number of rotatable bonds is 5. The van der Waals surface area contributed by atoms with Crippen LogP contribution in [0, 0.1) is 5.92 Å². The van der Waals surface area contributed by atoms with Crippen LogP contribution in [0.4, 0.5) is 0 Å². The van der Waals surface area contributed by atoms with Crippen LogP contribution in [0.5, 0.6) is 0 Å². The SMILES string of the molecule is C1=CC2C(C=C1c1ccc(-c3cccc(-c4nc(-c5ccccc5)nc(-c5ccccc5)n4)c3)cc1)c1ccccc1C21c2ccccc2-c2ccccc21. The fourth-order valence-corrected chi connectivity index (χ4v) is 9.44. The largest absolute Gasteiger partial charge is 0.208 e. The molecule has 0 radical (unpaired) electrons. The zero-order valence-corrected chi connectivity index (χ0v) is 30.0. The van der Waals surface area contributed by atoms with Crippen LogP contribution in [-0.4, -0.2) is 15.0 Å². The predicted octanol–water partition coefficient (Wildman–Crippen LogP) is 12.2. The molecule has 55 heavy (non-hydrogen) atoms. The molecule has 0 fully saturated rings. The molecule has 0 bridgehead atoms. The number of hydrogen-bond acceptors (Lipinski definition) is 3. The second kappa shape index (κ2) is 12.6. The van der Waals surface area contributed by atoms with Crippen LogP contribution in [-0.2, 0) is 5.41 Å². The second-order valence-corrected chi connectivity index (χ2v) is 14.7. The Kier molecular flexibility index (Phi) is 7.21. The fourth-order valence-electron chi connectivity index (χ4n) is 9.44. The van der Waals surface area contributed by atoms with Crippen molar-refractivity contribution >= 4 is 5.57 Å². The van der Waals surface area contributed by atoms with Gasteiger partial charge in [-0.1, -0.05) is 194 Å². The summed E-state index contributed by atoms with van der Waals surface area (Å²) in [5.74, 6) is 2.54. The van der Waals surface area contributed by atoms with E-state index in [1.807, 2.05) is 60.7 Å². The Balaban J connectivity index is 0.938. The highest BCUT2D eigenvalue weighted by molar-refractivity contribution is 5.87. The first-order valence-electron chi connectivity index (χ1n) is 19.0. The molecule has 0 amide bonds. The van der Waals surface area contributed by atoms with Crippen molar-refractivity contribution in [3.8, 4) is 56.4 Å². The average Bonchev–Trinajstić information content (AvgIpc) is 3.74. The van der Waals surface area contributed by atoms with E-state index in [1.165, 1.54) is 44.5 Å². The maximum Gasteiger partial charge on any atom is 0.164 e. The van der Waals surface area contributed by atoms with E-state index < -0.39 is 0 Å². The third-order valence-corrected chi connectivity index (χ3v) is 11.8. The van der Waals surface area contributed by atoms with Crippen LogP contribution in [0.15, 0.2) is 200 Å². The van der Waals surface area contributed by atoms with Crippen LogP contribution >= 0.6 is 0 Å². The lowest BCUT2D eigenvalue weighted by Crippen LogP contribution is -2.33. The number of allylic oxidation sites excluding steroid dienone is 4. The smallest absolute Gasteiger partial charge is 0.164 e. The van der Waals surface area contributed by atoms with Crippen molar-refractivity contribution in [2.24, 2.45) is 5.92 Å². The summed E-state index contributed by atoms with van der Waals surface area (Å²) < 4.78 is 0. The summed E-state index contributed by atoms with van der Waals surface area (Å²) in [6.07, 6.45) is 7.38. The molecule has 2 unspecified atom stereocenters. The first-order valence-corrected chi connectivity index (χ1v) is 19.0. The highest BCUT2D eigenvalue weighted by Gasteiger charge is 2.57. The topological polar surface area (TPSA) is 38.7 Å². The van der Waals surface area contributed by atoms with E-state index in [9.17, 15) is 0 Å². The summed E-state index contributed by atoms with van der Waals surface area (Å²) in [7, 11) is 0. The van der Waals surface area contributed by atoms with Crippen molar-refractivity contribution in [2.45, 2.75) is 11.3 Å². The summed E-state index contributed by atoms with van der Waals surface area (Å²) >= 11 is 0. The minimum atomic E-state index is -0.204. The number of aromatic nitrogens is 3. The third kappa shape index (κ3) is 4.93. The quantitative estimate of drug-likeness (QED) is 0.179. The molecular weight excluding hydrogens is 667 g/mol. The summed E-state index contributed by atoms with van der Waals surface area (Å²) in [5, 5.41) is 0. The monoisotopic (exact) mass is 701 g/mol. The normalized spacial score (nSPS) is 16.9.